The summed E-state index contributed by atoms with van der Waals surface area (Å²) in [5, 5.41) is 4.42. The van der Waals surface area contributed by atoms with Crippen LogP contribution in [0.1, 0.15) is 30.0 Å². The van der Waals surface area contributed by atoms with Gasteiger partial charge in [-0.3, -0.25) is 9.48 Å². The van der Waals surface area contributed by atoms with E-state index < -0.39 is 0 Å². The molecule has 1 fully saturated rings. The highest BCUT2D eigenvalue weighted by atomic mass is 16.5. The van der Waals surface area contributed by atoms with Crippen molar-refractivity contribution in [2.75, 3.05) is 26.2 Å². The van der Waals surface area contributed by atoms with Gasteiger partial charge in [0.05, 0.1) is 18.4 Å². The summed E-state index contributed by atoms with van der Waals surface area (Å²) in [5.41, 5.74) is 7.22. The third-order valence-electron chi connectivity index (χ3n) is 3.40. The number of ether oxygens (including phenoxy) is 1. The maximum atomic E-state index is 12.5. The number of hydrogen-bond acceptors (Lipinski definition) is 4. The number of aromatic nitrogens is 2. The molecule has 1 aromatic rings. The Morgan fingerprint density at radius 1 is 1.58 bits per heavy atom. The Labute approximate surface area is 113 Å². The number of nitrogens with zero attached hydrogens (tertiary/aromatic N) is 3. The highest BCUT2D eigenvalue weighted by Gasteiger charge is 2.26. The minimum absolute atomic E-state index is 0.0239. The van der Waals surface area contributed by atoms with Gasteiger partial charge in [-0.15, -0.1) is 0 Å². The molecule has 1 unspecified atom stereocenters. The highest BCUT2D eigenvalue weighted by molar-refractivity contribution is 5.92. The van der Waals surface area contributed by atoms with Gasteiger partial charge < -0.3 is 15.4 Å². The molecule has 1 saturated heterocycles. The number of aryl methyl sites for hydroxylation is 2. The summed E-state index contributed by atoms with van der Waals surface area (Å²) in [4.78, 5) is 14.3. The van der Waals surface area contributed by atoms with E-state index in [2.05, 4.69) is 5.10 Å². The number of carbonyl (C=O) groups is 1. The van der Waals surface area contributed by atoms with Crippen LogP contribution in [0.5, 0.6) is 0 Å². The number of nitrogens with two attached hydrogens (primary N) is 1. The highest BCUT2D eigenvalue weighted by Crippen LogP contribution is 2.12. The molecule has 1 aliphatic heterocycles. The first-order chi connectivity index (χ1) is 9.19. The Bertz CT molecular complexity index is 444. The van der Waals surface area contributed by atoms with Crippen molar-refractivity contribution < 1.29 is 9.53 Å². The number of morpholine rings is 1. The van der Waals surface area contributed by atoms with Crippen LogP contribution in [0, 0.1) is 0 Å². The molecule has 6 heteroatoms. The number of hydrogen-bond donors (Lipinski definition) is 1. The van der Waals surface area contributed by atoms with Crippen molar-refractivity contribution in [2.24, 2.45) is 5.73 Å². The molecule has 1 aromatic heterocycles. The number of rotatable bonds is 4. The van der Waals surface area contributed by atoms with Crippen LogP contribution in [0.25, 0.3) is 0 Å². The maximum absolute atomic E-state index is 12.5. The molecule has 2 heterocycles. The zero-order valence-corrected chi connectivity index (χ0v) is 11.6. The SMILES string of the molecule is CCc1cc(C(=O)N2CCOC(CN)C2)n(CC)n1. The molecular weight excluding hydrogens is 244 g/mol. The summed E-state index contributed by atoms with van der Waals surface area (Å²) < 4.78 is 7.26. The van der Waals surface area contributed by atoms with E-state index in [4.69, 9.17) is 10.5 Å². The van der Waals surface area contributed by atoms with Gasteiger partial charge in [0.2, 0.25) is 0 Å². The molecule has 1 amide bonds. The van der Waals surface area contributed by atoms with Crippen LogP contribution in [0.2, 0.25) is 0 Å². The van der Waals surface area contributed by atoms with Gasteiger partial charge in [0.25, 0.3) is 5.91 Å². The van der Waals surface area contributed by atoms with Gasteiger partial charge in [-0.2, -0.15) is 5.10 Å². The average molecular weight is 266 g/mol. The fourth-order valence-corrected chi connectivity index (χ4v) is 2.26. The van der Waals surface area contributed by atoms with Crippen LogP contribution in [-0.2, 0) is 17.7 Å². The van der Waals surface area contributed by atoms with Crippen molar-refractivity contribution in [2.45, 2.75) is 32.9 Å². The van der Waals surface area contributed by atoms with E-state index in [1.165, 1.54) is 0 Å². The van der Waals surface area contributed by atoms with Crippen LogP contribution >= 0.6 is 0 Å². The van der Waals surface area contributed by atoms with E-state index in [1.807, 2.05) is 24.8 Å². The maximum Gasteiger partial charge on any atom is 0.272 e. The van der Waals surface area contributed by atoms with Gasteiger partial charge in [-0.1, -0.05) is 6.92 Å². The first-order valence-electron chi connectivity index (χ1n) is 6.87. The standard InChI is InChI=1S/C13H22N4O2/c1-3-10-7-12(17(4-2)15-10)13(18)16-5-6-19-11(8-14)9-16/h7,11H,3-6,8-9,14H2,1-2H3. The quantitative estimate of drug-likeness (QED) is 0.848. The fourth-order valence-electron chi connectivity index (χ4n) is 2.26. The molecule has 0 aliphatic carbocycles. The summed E-state index contributed by atoms with van der Waals surface area (Å²) in [6.07, 6.45) is 0.781. The van der Waals surface area contributed by atoms with Gasteiger partial charge in [-0.25, -0.2) is 0 Å². The lowest BCUT2D eigenvalue weighted by Gasteiger charge is -2.32. The van der Waals surface area contributed by atoms with E-state index in [0.717, 1.165) is 12.1 Å². The number of amides is 1. The van der Waals surface area contributed by atoms with E-state index in [9.17, 15) is 4.79 Å². The molecule has 0 saturated carbocycles. The van der Waals surface area contributed by atoms with Gasteiger partial charge in [0.1, 0.15) is 5.69 Å². The first kappa shape index (κ1) is 14.0. The third-order valence-corrected chi connectivity index (χ3v) is 3.40. The second kappa shape index (κ2) is 6.16. The van der Waals surface area contributed by atoms with Crippen LogP contribution in [-0.4, -0.2) is 52.9 Å². The minimum atomic E-state index is -0.0543. The monoisotopic (exact) mass is 266 g/mol. The fraction of sp³-hybridized carbons (Fsp3) is 0.692. The molecule has 1 aliphatic rings. The molecule has 0 radical (unpaired) electrons. The average Bonchev–Trinajstić information content (AvgIpc) is 2.89. The molecule has 0 aromatic carbocycles. The second-order valence-electron chi connectivity index (χ2n) is 4.67. The van der Waals surface area contributed by atoms with Crippen LogP contribution in [0.3, 0.4) is 0 Å². The molecule has 1 atom stereocenters. The van der Waals surface area contributed by atoms with E-state index in [0.29, 0.717) is 38.5 Å². The molecule has 6 nitrogen and oxygen atoms in total. The van der Waals surface area contributed by atoms with Gasteiger partial charge in [0.15, 0.2) is 0 Å². The largest absolute Gasteiger partial charge is 0.373 e. The molecule has 0 spiro atoms. The minimum Gasteiger partial charge on any atom is -0.373 e. The van der Waals surface area contributed by atoms with E-state index in [1.54, 1.807) is 4.68 Å². The van der Waals surface area contributed by atoms with Crippen molar-refractivity contribution >= 4 is 5.91 Å². The molecule has 2 N–H and O–H groups in total. The van der Waals surface area contributed by atoms with Gasteiger partial charge in [0, 0.05) is 26.2 Å². The predicted octanol–water partition coefficient (Wildman–Crippen LogP) is 0.265. The Morgan fingerprint density at radius 2 is 2.37 bits per heavy atom. The predicted molar refractivity (Wildman–Crippen MR) is 72.0 cm³/mol. The zero-order valence-electron chi connectivity index (χ0n) is 11.6. The topological polar surface area (TPSA) is 73.4 Å². The van der Waals surface area contributed by atoms with Crippen LogP contribution < -0.4 is 5.73 Å². The lowest BCUT2D eigenvalue weighted by Crippen LogP contribution is -2.48. The summed E-state index contributed by atoms with van der Waals surface area (Å²) in [5.74, 6) is 0.0239. The normalized spacial score (nSPS) is 19.7. The van der Waals surface area contributed by atoms with Gasteiger partial charge in [-0.05, 0) is 19.4 Å². The molecule has 19 heavy (non-hydrogen) atoms. The Balaban J connectivity index is 2.16. The van der Waals surface area contributed by atoms with Crippen molar-refractivity contribution in [3.8, 4) is 0 Å². The molecule has 0 bridgehead atoms. The van der Waals surface area contributed by atoms with E-state index >= 15 is 0 Å². The van der Waals surface area contributed by atoms with Crippen molar-refractivity contribution in [1.82, 2.24) is 14.7 Å². The summed E-state index contributed by atoms with van der Waals surface area (Å²) in [6.45, 7) is 6.90. The summed E-state index contributed by atoms with van der Waals surface area (Å²) in [7, 11) is 0. The molecule has 106 valence electrons. The zero-order chi connectivity index (χ0) is 13.8. The third kappa shape index (κ3) is 2.96. The van der Waals surface area contributed by atoms with Gasteiger partial charge >= 0.3 is 0 Å². The number of carbonyl (C=O) groups excluding carboxylic acids is 1. The first-order valence-corrected chi connectivity index (χ1v) is 6.87. The lowest BCUT2D eigenvalue weighted by molar-refractivity contribution is -0.0171. The van der Waals surface area contributed by atoms with Crippen molar-refractivity contribution in [1.29, 1.82) is 0 Å². The lowest BCUT2D eigenvalue weighted by atomic mass is 10.2. The smallest absolute Gasteiger partial charge is 0.272 e. The Morgan fingerprint density at radius 3 is 3.00 bits per heavy atom. The Hall–Kier alpha value is -1.40. The molecular formula is C13H22N4O2. The van der Waals surface area contributed by atoms with Crippen LogP contribution in [0.15, 0.2) is 6.07 Å². The molecule has 2 rings (SSSR count). The summed E-state index contributed by atoms with van der Waals surface area (Å²) in [6, 6.07) is 1.89. The van der Waals surface area contributed by atoms with Crippen LogP contribution in [0.4, 0.5) is 0 Å². The Kier molecular flexibility index (Phi) is 4.55. The van der Waals surface area contributed by atoms with Crippen molar-refractivity contribution in [3.05, 3.63) is 17.5 Å². The van der Waals surface area contributed by atoms with Crippen molar-refractivity contribution in [3.63, 3.8) is 0 Å². The second-order valence-corrected chi connectivity index (χ2v) is 4.67. The van der Waals surface area contributed by atoms with E-state index in [-0.39, 0.29) is 12.0 Å². The summed E-state index contributed by atoms with van der Waals surface area (Å²) >= 11 is 0.